The number of benzene rings is 1. The Bertz CT molecular complexity index is 210. The average molecular weight is 189 g/mol. The van der Waals surface area contributed by atoms with E-state index in [1.54, 1.807) is 7.11 Å². The maximum absolute atomic E-state index is 5.50. The zero-order valence-electron chi connectivity index (χ0n) is 6.21. The largest absolute Gasteiger partial charge is 0.497 e. The van der Waals surface area contributed by atoms with Gasteiger partial charge in [0, 0.05) is 5.75 Å². The number of methoxy groups -OCH3 is 1. The molecule has 1 aromatic rings. The minimum Gasteiger partial charge on any atom is -0.497 e. The quantitative estimate of drug-likeness (QED) is 0.721. The molecule has 0 spiro atoms. The number of hydrogen-bond acceptors (Lipinski definition) is 2. The molecule has 0 saturated heterocycles. The van der Waals surface area contributed by atoms with Crippen LogP contribution in [0, 0.1) is 0 Å². The molecule has 0 saturated carbocycles. The Morgan fingerprint density at radius 2 is 2.00 bits per heavy atom. The molecular formula is C8H9ClOS. The highest BCUT2D eigenvalue weighted by Gasteiger charge is 1.92. The second kappa shape index (κ2) is 4.52. The lowest BCUT2D eigenvalue weighted by atomic mass is 10.2. The number of hydrogen-bond donors (Lipinski definition) is 0. The van der Waals surface area contributed by atoms with Gasteiger partial charge in [0.05, 0.1) is 7.11 Å². The Kier molecular flexibility index (Phi) is 3.60. The minimum atomic E-state index is 0.839. The van der Waals surface area contributed by atoms with E-state index in [0.29, 0.717) is 0 Å². The summed E-state index contributed by atoms with van der Waals surface area (Å²) in [5.74, 6) is 1.72. The summed E-state index contributed by atoms with van der Waals surface area (Å²) in [6, 6.07) is 7.88. The van der Waals surface area contributed by atoms with E-state index < -0.39 is 0 Å². The Morgan fingerprint density at radius 1 is 1.36 bits per heavy atom. The molecule has 11 heavy (non-hydrogen) atoms. The van der Waals surface area contributed by atoms with Gasteiger partial charge in [-0.1, -0.05) is 23.1 Å². The summed E-state index contributed by atoms with van der Waals surface area (Å²) >= 11 is 0. The molecule has 0 aliphatic rings. The fourth-order valence-corrected chi connectivity index (χ4v) is 1.48. The number of ether oxygens (including phenoxy) is 1. The SMILES string of the molecule is COc1ccc(CSCl)cc1. The topological polar surface area (TPSA) is 9.23 Å². The van der Waals surface area contributed by atoms with Gasteiger partial charge in [0.2, 0.25) is 0 Å². The molecule has 0 aliphatic heterocycles. The first kappa shape index (κ1) is 8.75. The molecule has 0 aliphatic carbocycles. The third-order valence-corrected chi connectivity index (χ3v) is 2.15. The van der Waals surface area contributed by atoms with Crippen molar-refractivity contribution in [2.75, 3.05) is 7.11 Å². The second-order valence-corrected chi connectivity index (χ2v) is 3.26. The zero-order valence-corrected chi connectivity index (χ0v) is 7.78. The molecule has 0 heterocycles. The van der Waals surface area contributed by atoms with E-state index in [1.165, 1.54) is 16.5 Å². The van der Waals surface area contributed by atoms with Gasteiger partial charge in [0.1, 0.15) is 5.75 Å². The van der Waals surface area contributed by atoms with Crippen molar-refractivity contribution in [3.05, 3.63) is 29.8 Å². The molecule has 60 valence electrons. The summed E-state index contributed by atoms with van der Waals surface area (Å²) in [4.78, 5) is 0. The first-order valence-corrected chi connectivity index (χ1v) is 5.04. The molecule has 0 atom stereocenters. The Labute approximate surface area is 75.2 Å². The third-order valence-electron chi connectivity index (χ3n) is 1.38. The van der Waals surface area contributed by atoms with E-state index in [2.05, 4.69) is 0 Å². The predicted molar refractivity (Wildman–Crippen MR) is 50.1 cm³/mol. The number of rotatable bonds is 3. The van der Waals surface area contributed by atoms with E-state index in [-0.39, 0.29) is 0 Å². The van der Waals surface area contributed by atoms with Crippen molar-refractivity contribution in [3.63, 3.8) is 0 Å². The van der Waals surface area contributed by atoms with Crippen LogP contribution in [0.5, 0.6) is 5.75 Å². The van der Waals surface area contributed by atoms with Crippen molar-refractivity contribution in [1.82, 2.24) is 0 Å². The van der Waals surface area contributed by atoms with Crippen LogP contribution in [-0.2, 0) is 5.75 Å². The molecule has 0 unspecified atom stereocenters. The van der Waals surface area contributed by atoms with Crippen LogP contribution in [0.15, 0.2) is 24.3 Å². The van der Waals surface area contributed by atoms with Crippen molar-refractivity contribution in [1.29, 1.82) is 0 Å². The van der Waals surface area contributed by atoms with Crippen LogP contribution in [0.1, 0.15) is 5.56 Å². The molecular weight excluding hydrogens is 180 g/mol. The molecule has 1 aromatic carbocycles. The lowest BCUT2D eigenvalue weighted by Gasteiger charge is -1.99. The molecule has 1 rings (SSSR count). The lowest BCUT2D eigenvalue weighted by molar-refractivity contribution is 0.414. The fourth-order valence-electron chi connectivity index (χ4n) is 0.785. The highest BCUT2D eigenvalue weighted by Crippen LogP contribution is 2.18. The van der Waals surface area contributed by atoms with Gasteiger partial charge in [-0.05, 0) is 28.4 Å². The summed E-state index contributed by atoms with van der Waals surface area (Å²) in [6.45, 7) is 0. The van der Waals surface area contributed by atoms with Gasteiger partial charge in [0.15, 0.2) is 0 Å². The van der Waals surface area contributed by atoms with Crippen molar-refractivity contribution in [2.45, 2.75) is 5.75 Å². The van der Waals surface area contributed by atoms with Gasteiger partial charge < -0.3 is 4.74 Å². The molecule has 3 heteroatoms. The van der Waals surface area contributed by atoms with Gasteiger partial charge in [-0.15, -0.1) is 0 Å². The van der Waals surface area contributed by atoms with Gasteiger partial charge >= 0.3 is 0 Å². The standard InChI is InChI=1S/C8H9ClOS/c1-10-8-4-2-7(3-5-8)6-11-9/h2-5H,6H2,1H3. The molecule has 0 aromatic heterocycles. The zero-order chi connectivity index (χ0) is 8.10. The van der Waals surface area contributed by atoms with Crippen molar-refractivity contribution < 1.29 is 4.74 Å². The third kappa shape index (κ3) is 2.64. The average Bonchev–Trinajstić information content (AvgIpc) is 2.07. The van der Waals surface area contributed by atoms with Crippen LogP contribution in [0.3, 0.4) is 0 Å². The van der Waals surface area contributed by atoms with Crippen molar-refractivity contribution in [2.24, 2.45) is 0 Å². The fraction of sp³-hybridized carbons (Fsp3) is 0.250. The normalized spacial score (nSPS) is 9.64. The lowest BCUT2D eigenvalue weighted by Crippen LogP contribution is -1.82. The molecule has 0 amide bonds. The van der Waals surface area contributed by atoms with Crippen molar-refractivity contribution >= 4 is 21.7 Å². The maximum Gasteiger partial charge on any atom is 0.118 e. The summed E-state index contributed by atoms with van der Waals surface area (Å²) in [7, 11) is 8.45. The van der Waals surface area contributed by atoms with Crippen LogP contribution >= 0.6 is 21.7 Å². The summed E-state index contributed by atoms with van der Waals surface area (Å²) < 4.78 is 5.01. The molecule has 1 nitrogen and oxygen atoms in total. The molecule has 0 N–H and O–H groups in total. The Morgan fingerprint density at radius 3 is 2.45 bits per heavy atom. The van der Waals surface area contributed by atoms with Crippen molar-refractivity contribution in [3.8, 4) is 5.75 Å². The van der Waals surface area contributed by atoms with Gasteiger partial charge in [-0.25, -0.2) is 0 Å². The van der Waals surface area contributed by atoms with Gasteiger partial charge in [0.25, 0.3) is 0 Å². The monoisotopic (exact) mass is 188 g/mol. The van der Waals surface area contributed by atoms with E-state index in [4.69, 9.17) is 15.4 Å². The van der Waals surface area contributed by atoms with Gasteiger partial charge in [-0.2, -0.15) is 0 Å². The smallest absolute Gasteiger partial charge is 0.118 e. The van der Waals surface area contributed by atoms with Crippen LogP contribution in [0.25, 0.3) is 0 Å². The first-order valence-electron chi connectivity index (χ1n) is 3.23. The van der Waals surface area contributed by atoms with Crippen LogP contribution in [0.2, 0.25) is 0 Å². The summed E-state index contributed by atoms with van der Waals surface area (Å²) in [6.07, 6.45) is 0. The molecule has 0 fully saturated rings. The van der Waals surface area contributed by atoms with E-state index in [1.807, 2.05) is 24.3 Å². The second-order valence-electron chi connectivity index (χ2n) is 2.10. The summed E-state index contributed by atoms with van der Waals surface area (Å²) in [5.41, 5.74) is 1.21. The number of halogens is 1. The van der Waals surface area contributed by atoms with E-state index in [0.717, 1.165) is 11.5 Å². The van der Waals surface area contributed by atoms with Crippen LogP contribution < -0.4 is 4.74 Å². The summed E-state index contributed by atoms with van der Waals surface area (Å²) in [5, 5.41) is 0. The van der Waals surface area contributed by atoms with E-state index >= 15 is 0 Å². The molecule has 0 radical (unpaired) electrons. The van der Waals surface area contributed by atoms with E-state index in [9.17, 15) is 0 Å². The van der Waals surface area contributed by atoms with Crippen LogP contribution in [0.4, 0.5) is 0 Å². The van der Waals surface area contributed by atoms with Gasteiger partial charge in [-0.3, -0.25) is 0 Å². The first-order chi connectivity index (χ1) is 5.36. The Hall–Kier alpha value is -0.340. The predicted octanol–water partition coefficient (Wildman–Crippen LogP) is 3.08. The highest BCUT2D eigenvalue weighted by molar-refractivity contribution is 8.20. The highest BCUT2D eigenvalue weighted by atomic mass is 35.7. The molecule has 0 bridgehead atoms. The van der Waals surface area contributed by atoms with Crippen LogP contribution in [-0.4, -0.2) is 7.11 Å². The minimum absolute atomic E-state index is 0.839. The Balaban J connectivity index is 2.66. The maximum atomic E-state index is 5.50.